The van der Waals surface area contributed by atoms with Crippen molar-refractivity contribution in [3.05, 3.63) is 23.8 Å². The van der Waals surface area contributed by atoms with Crippen molar-refractivity contribution in [1.29, 1.82) is 0 Å². The minimum atomic E-state index is -1.24. The van der Waals surface area contributed by atoms with Crippen LogP contribution in [0.2, 0.25) is 0 Å². The molecule has 0 fully saturated rings. The Kier molecular flexibility index (Phi) is 2.43. The molecule has 1 aromatic rings. The lowest BCUT2D eigenvalue weighted by Crippen LogP contribution is -2.21. The van der Waals surface area contributed by atoms with Gasteiger partial charge in [-0.2, -0.15) is 0 Å². The van der Waals surface area contributed by atoms with Crippen LogP contribution in [0.3, 0.4) is 0 Å². The lowest BCUT2D eigenvalue weighted by atomic mass is 9.93. The summed E-state index contributed by atoms with van der Waals surface area (Å²) in [5.41, 5.74) is -0.522. The van der Waals surface area contributed by atoms with Gasteiger partial charge in [-0.15, -0.1) is 11.8 Å². The number of thioether (sulfide) groups is 1. The van der Waals surface area contributed by atoms with Crippen molar-refractivity contribution in [2.75, 3.05) is 12.9 Å². The lowest BCUT2D eigenvalue weighted by molar-refractivity contribution is 0.174. The third kappa shape index (κ3) is 1.50. The Labute approximate surface area is 87.7 Å². The highest BCUT2D eigenvalue weighted by molar-refractivity contribution is 7.99. The minimum Gasteiger partial charge on any atom is -0.496 e. The minimum absolute atomic E-state index is 0.561. The first-order valence-corrected chi connectivity index (χ1v) is 5.63. The molecule has 0 N–H and O–H groups in total. The van der Waals surface area contributed by atoms with Crippen LogP contribution < -0.4 is 4.74 Å². The van der Waals surface area contributed by atoms with Gasteiger partial charge in [0.25, 0.3) is 0 Å². The number of hydrogen-bond donors (Lipinski definition) is 0. The molecule has 0 spiro atoms. The van der Waals surface area contributed by atoms with Gasteiger partial charge in [0, 0.05) is 16.2 Å². The maximum atomic E-state index is 14.2. The molecule has 3 heteroatoms. The average Bonchev–Trinajstić information content (AvgIpc) is 2.16. The Bertz CT molecular complexity index is 335. The first-order valence-electron chi connectivity index (χ1n) is 4.64. The Morgan fingerprint density at radius 1 is 1.50 bits per heavy atom. The van der Waals surface area contributed by atoms with Gasteiger partial charge >= 0.3 is 0 Å². The van der Waals surface area contributed by atoms with E-state index < -0.39 is 5.67 Å². The molecule has 1 unspecified atom stereocenters. The fourth-order valence-corrected chi connectivity index (χ4v) is 3.13. The maximum absolute atomic E-state index is 14.2. The second kappa shape index (κ2) is 3.46. The van der Waals surface area contributed by atoms with E-state index >= 15 is 0 Å². The molecule has 0 aliphatic carbocycles. The quantitative estimate of drug-likeness (QED) is 0.705. The predicted octanol–water partition coefficient (Wildman–Crippen LogP) is 3.38. The van der Waals surface area contributed by atoms with Crippen molar-refractivity contribution in [3.63, 3.8) is 0 Å². The van der Waals surface area contributed by atoms with Crippen LogP contribution in [0.15, 0.2) is 23.1 Å². The number of rotatable bonds is 1. The summed E-state index contributed by atoms with van der Waals surface area (Å²) in [7, 11) is 1.59. The second-order valence-electron chi connectivity index (χ2n) is 3.63. The number of fused-ring (bicyclic) bond motifs is 1. The fourth-order valence-electron chi connectivity index (χ4n) is 1.79. The summed E-state index contributed by atoms with van der Waals surface area (Å²) < 4.78 is 19.4. The zero-order valence-corrected chi connectivity index (χ0v) is 9.16. The third-order valence-corrected chi connectivity index (χ3v) is 3.62. The molecule has 0 aromatic heterocycles. The molecule has 1 aromatic carbocycles. The largest absolute Gasteiger partial charge is 0.496 e. The summed E-state index contributed by atoms with van der Waals surface area (Å²) >= 11 is 1.70. The van der Waals surface area contributed by atoms with Gasteiger partial charge in [0.05, 0.1) is 7.11 Å². The standard InChI is InChI=1S/C11H13FOS/c1-11(12)6-7-14-9-5-3-4-8(13-2)10(9)11/h3-5H,6-7H2,1-2H3. The number of alkyl halides is 1. The Balaban J connectivity index is 2.58. The summed E-state index contributed by atoms with van der Waals surface area (Å²) in [6.07, 6.45) is 0.561. The SMILES string of the molecule is COc1cccc2c1C(C)(F)CCS2. The summed E-state index contributed by atoms with van der Waals surface area (Å²) in [6, 6.07) is 5.69. The zero-order valence-electron chi connectivity index (χ0n) is 8.34. The summed E-state index contributed by atoms with van der Waals surface area (Å²) in [4.78, 5) is 1.01. The van der Waals surface area contributed by atoms with Crippen LogP contribution in [0.5, 0.6) is 5.75 Å². The highest BCUT2D eigenvalue weighted by Crippen LogP contribution is 2.46. The summed E-state index contributed by atoms with van der Waals surface area (Å²) in [6.45, 7) is 1.63. The average molecular weight is 212 g/mol. The van der Waals surface area contributed by atoms with Gasteiger partial charge in [0.1, 0.15) is 11.4 Å². The molecule has 0 amide bonds. The van der Waals surface area contributed by atoms with Gasteiger partial charge in [-0.1, -0.05) is 6.07 Å². The van der Waals surface area contributed by atoms with Gasteiger partial charge in [0.15, 0.2) is 0 Å². The molecule has 2 rings (SSSR count). The molecule has 0 radical (unpaired) electrons. The van der Waals surface area contributed by atoms with Gasteiger partial charge in [-0.25, -0.2) is 4.39 Å². The van der Waals surface area contributed by atoms with E-state index in [-0.39, 0.29) is 0 Å². The van der Waals surface area contributed by atoms with Crippen LogP contribution in [0.1, 0.15) is 18.9 Å². The third-order valence-electron chi connectivity index (χ3n) is 2.56. The number of halogens is 1. The first kappa shape index (κ1) is 9.84. The molecular formula is C11H13FOS. The predicted molar refractivity (Wildman–Crippen MR) is 56.8 cm³/mol. The monoisotopic (exact) mass is 212 g/mol. The highest BCUT2D eigenvalue weighted by Gasteiger charge is 2.35. The van der Waals surface area contributed by atoms with Gasteiger partial charge in [-0.05, 0) is 25.5 Å². The van der Waals surface area contributed by atoms with E-state index in [0.29, 0.717) is 12.2 Å². The molecule has 0 bridgehead atoms. The molecule has 1 aliphatic rings. The molecule has 0 saturated heterocycles. The van der Waals surface area contributed by atoms with E-state index in [1.165, 1.54) is 0 Å². The Morgan fingerprint density at radius 3 is 3.00 bits per heavy atom. The lowest BCUT2D eigenvalue weighted by Gasteiger charge is -2.29. The Morgan fingerprint density at radius 2 is 2.29 bits per heavy atom. The van der Waals surface area contributed by atoms with E-state index in [4.69, 9.17) is 4.74 Å². The molecule has 76 valence electrons. The number of hydrogen-bond acceptors (Lipinski definition) is 2. The van der Waals surface area contributed by atoms with E-state index in [2.05, 4.69) is 0 Å². The number of ether oxygens (including phenoxy) is 1. The maximum Gasteiger partial charge on any atom is 0.138 e. The van der Waals surface area contributed by atoms with E-state index in [9.17, 15) is 4.39 Å². The molecule has 1 nitrogen and oxygen atoms in total. The number of benzene rings is 1. The highest BCUT2D eigenvalue weighted by atomic mass is 32.2. The molecule has 0 saturated carbocycles. The fraction of sp³-hybridized carbons (Fsp3) is 0.455. The van der Waals surface area contributed by atoms with Crippen molar-refractivity contribution < 1.29 is 9.13 Å². The smallest absolute Gasteiger partial charge is 0.138 e. The molecule has 1 atom stereocenters. The van der Waals surface area contributed by atoms with E-state index in [1.54, 1.807) is 25.8 Å². The van der Waals surface area contributed by atoms with Crippen LogP contribution in [0, 0.1) is 0 Å². The summed E-state index contributed by atoms with van der Waals surface area (Å²) in [5, 5.41) is 0. The molecular weight excluding hydrogens is 199 g/mol. The molecule has 14 heavy (non-hydrogen) atoms. The van der Waals surface area contributed by atoms with Crippen LogP contribution >= 0.6 is 11.8 Å². The first-order chi connectivity index (χ1) is 6.65. The van der Waals surface area contributed by atoms with Crippen LogP contribution in [-0.4, -0.2) is 12.9 Å². The van der Waals surface area contributed by atoms with Gasteiger partial charge < -0.3 is 4.74 Å². The zero-order chi connectivity index (χ0) is 10.2. The van der Waals surface area contributed by atoms with Crippen molar-refractivity contribution in [3.8, 4) is 5.75 Å². The Hall–Kier alpha value is -0.700. The van der Waals surface area contributed by atoms with Gasteiger partial charge in [0.2, 0.25) is 0 Å². The van der Waals surface area contributed by atoms with Crippen LogP contribution in [0.4, 0.5) is 4.39 Å². The van der Waals surface area contributed by atoms with Crippen molar-refractivity contribution >= 4 is 11.8 Å². The number of methoxy groups -OCH3 is 1. The van der Waals surface area contributed by atoms with E-state index in [0.717, 1.165) is 16.2 Å². The second-order valence-corrected chi connectivity index (χ2v) is 4.77. The van der Waals surface area contributed by atoms with Crippen LogP contribution in [0.25, 0.3) is 0 Å². The van der Waals surface area contributed by atoms with E-state index in [1.807, 2.05) is 18.2 Å². The topological polar surface area (TPSA) is 9.23 Å². The van der Waals surface area contributed by atoms with Gasteiger partial charge in [-0.3, -0.25) is 0 Å². The van der Waals surface area contributed by atoms with Crippen molar-refractivity contribution in [2.24, 2.45) is 0 Å². The molecule has 1 heterocycles. The van der Waals surface area contributed by atoms with Crippen LogP contribution in [-0.2, 0) is 5.67 Å². The normalized spacial score (nSPS) is 25.6. The molecule has 1 aliphatic heterocycles. The van der Waals surface area contributed by atoms with Crippen molar-refractivity contribution in [2.45, 2.75) is 23.9 Å². The summed E-state index contributed by atoms with van der Waals surface area (Å²) in [5.74, 6) is 1.51. The van der Waals surface area contributed by atoms with Crippen molar-refractivity contribution in [1.82, 2.24) is 0 Å².